The van der Waals surface area contributed by atoms with Crippen LogP contribution in [0.15, 0.2) is 63.3 Å². The van der Waals surface area contributed by atoms with Gasteiger partial charge >= 0.3 is 0 Å². The van der Waals surface area contributed by atoms with Crippen LogP contribution >= 0.6 is 34.5 Å². The van der Waals surface area contributed by atoms with E-state index in [2.05, 4.69) is 20.2 Å². The summed E-state index contributed by atoms with van der Waals surface area (Å²) in [5.74, 6) is 0.642. The maximum Gasteiger partial charge on any atom is 0.263 e. The lowest BCUT2D eigenvalue weighted by atomic mass is 10.2. The summed E-state index contributed by atoms with van der Waals surface area (Å²) in [6, 6.07) is 13.1. The molecule has 11 heteroatoms. The van der Waals surface area contributed by atoms with Gasteiger partial charge in [-0.3, -0.25) is 4.72 Å². The number of rotatable bonds is 6. The van der Waals surface area contributed by atoms with Crippen molar-refractivity contribution in [1.82, 2.24) is 10.1 Å². The van der Waals surface area contributed by atoms with Crippen molar-refractivity contribution in [2.45, 2.75) is 11.8 Å². The second kappa shape index (κ2) is 8.27. The van der Waals surface area contributed by atoms with Gasteiger partial charge in [0.1, 0.15) is 5.76 Å². The van der Waals surface area contributed by atoms with Crippen molar-refractivity contribution in [1.29, 1.82) is 0 Å². The Bertz CT molecular complexity index is 1300. The van der Waals surface area contributed by atoms with E-state index >= 15 is 0 Å². The predicted molar refractivity (Wildman–Crippen MR) is 119 cm³/mol. The third-order valence-electron chi connectivity index (χ3n) is 4.00. The van der Waals surface area contributed by atoms with Crippen molar-refractivity contribution in [3.05, 3.63) is 69.7 Å². The van der Waals surface area contributed by atoms with E-state index in [1.165, 1.54) is 29.5 Å². The highest BCUT2D eigenvalue weighted by atomic mass is 35.5. The van der Waals surface area contributed by atoms with Crippen LogP contribution < -0.4 is 10.0 Å². The number of hydrogen-bond donors (Lipinski definition) is 2. The first-order valence-electron chi connectivity index (χ1n) is 8.54. The van der Waals surface area contributed by atoms with Crippen LogP contribution in [0.2, 0.25) is 10.0 Å². The number of sulfonamides is 1. The normalized spacial score (nSPS) is 11.4. The van der Waals surface area contributed by atoms with Gasteiger partial charge in [-0.2, -0.15) is 0 Å². The smallest absolute Gasteiger partial charge is 0.263 e. The second-order valence-electron chi connectivity index (χ2n) is 6.24. The fourth-order valence-electron chi connectivity index (χ4n) is 2.57. The molecule has 4 aromatic rings. The van der Waals surface area contributed by atoms with Gasteiger partial charge in [-0.15, -0.1) is 11.3 Å². The molecule has 0 aliphatic rings. The number of nitrogens with one attached hydrogen (secondary N) is 2. The lowest BCUT2D eigenvalue weighted by Crippen LogP contribution is -2.13. The van der Waals surface area contributed by atoms with Crippen LogP contribution in [-0.4, -0.2) is 18.6 Å². The number of hydrogen-bond acceptors (Lipinski definition) is 7. The lowest BCUT2D eigenvalue weighted by molar-refractivity contribution is 0.400. The van der Waals surface area contributed by atoms with Crippen molar-refractivity contribution in [3.8, 4) is 11.3 Å². The molecule has 0 aliphatic heterocycles. The van der Waals surface area contributed by atoms with E-state index < -0.39 is 10.0 Å². The van der Waals surface area contributed by atoms with Gasteiger partial charge in [-0.1, -0.05) is 34.4 Å². The minimum Gasteiger partial charge on any atom is -0.360 e. The first-order valence-corrected chi connectivity index (χ1v) is 11.7. The molecule has 0 fully saturated rings. The van der Waals surface area contributed by atoms with Crippen molar-refractivity contribution in [2.75, 3.05) is 10.0 Å². The number of nitrogens with zero attached hydrogens (tertiary/aromatic N) is 2. The predicted octanol–water partition coefficient (Wildman–Crippen LogP) is 5.96. The summed E-state index contributed by atoms with van der Waals surface area (Å²) >= 11 is 13.4. The van der Waals surface area contributed by atoms with E-state index in [4.69, 9.17) is 27.7 Å². The van der Waals surface area contributed by atoms with Gasteiger partial charge in [0.2, 0.25) is 0 Å². The van der Waals surface area contributed by atoms with Crippen molar-refractivity contribution in [2.24, 2.45) is 0 Å². The lowest BCUT2D eigenvalue weighted by Gasteiger charge is -2.07. The molecule has 0 unspecified atom stereocenters. The molecular weight excluding hydrogens is 467 g/mol. The Labute approximate surface area is 186 Å². The average molecular weight is 481 g/mol. The monoisotopic (exact) mass is 480 g/mol. The molecule has 154 valence electrons. The van der Waals surface area contributed by atoms with E-state index in [-0.39, 0.29) is 10.7 Å². The van der Waals surface area contributed by atoms with Crippen LogP contribution in [-0.2, 0) is 10.0 Å². The first-order chi connectivity index (χ1) is 14.3. The van der Waals surface area contributed by atoms with E-state index in [9.17, 15) is 8.42 Å². The van der Waals surface area contributed by atoms with Crippen molar-refractivity contribution < 1.29 is 12.9 Å². The zero-order valence-corrected chi connectivity index (χ0v) is 18.5. The zero-order valence-electron chi connectivity index (χ0n) is 15.4. The molecule has 7 nitrogen and oxygen atoms in total. The molecule has 30 heavy (non-hydrogen) atoms. The molecule has 0 saturated heterocycles. The molecule has 2 heterocycles. The average Bonchev–Trinajstić information content (AvgIpc) is 3.33. The maximum absolute atomic E-state index is 12.4. The third-order valence-corrected chi connectivity index (χ3v) is 6.87. The number of benzene rings is 2. The summed E-state index contributed by atoms with van der Waals surface area (Å²) in [6.07, 6.45) is 0. The summed E-state index contributed by atoms with van der Waals surface area (Å²) in [7, 11) is -3.77. The Morgan fingerprint density at radius 2 is 1.80 bits per heavy atom. The number of thiazole rings is 1. The van der Waals surface area contributed by atoms with Gasteiger partial charge in [0, 0.05) is 22.7 Å². The number of aryl methyl sites for hydroxylation is 1. The van der Waals surface area contributed by atoms with Gasteiger partial charge < -0.3 is 9.84 Å². The maximum atomic E-state index is 12.4. The largest absolute Gasteiger partial charge is 0.360 e. The van der Waals surface area contributed by atoms with Crippen LogP contribution in [0, 0.1) is 6.92 Å². The van der Waals surface area contributed by atoms with Gasteiger partial charge in [0.05, 0.1) is 20.6 Å². The van der Waals surface area contributed by atoms with Crippen LogP contribution in [0.3, 0.4) is 0 Å². The van der Waals surface area contributed by atoms with Crippen molar-refractivity contribution in [3.63, 3.8) is 0 Å². The standard InChI is InChI=1S/C19H14Cl2N4O3S2/c1-11-8-18(24-28-11)25-30(26,27)14-5-3-13(4-6-14)22-19-23-17(10-29-19)12-2-7-15(20)16(21)9-12/h2-10H,1H3,(H,22,23)(H,24,25). The Morgan fingerprint density at radius 1 is 1.03 bits per heavy atom. The number of anilines is 3. The molecule has 2 N–H and O–H groups in total. The zero-order chi connectivity index (χ0) is 21.3. The molecule has 2 aromatic heterocycles. The summed E-state index contributed by atoms with van der Waals surface area (Å²) in [6.45, 7) is 1.68. The quantitative estimate of drug-likeness (QED) is 0.353. The highest BCUT2D eigenvalue weighted by Crippen LogP contribution is 2.31. The van der Waals surface area contributed by atoms with Crippen LogP contribution in [0.4, 0.5) is 16.6 Å². The Kier molecular flexibility index (Phi) is 5.70. The van der Waals surface area contributed by atoms with Gasteiger partial charge in [-0.25, -0.2) is 13.4 Å². The SMILES string of the molecule is Cc1cc(NS(=O)(=O)c2ccc(Nc3nc(-c4ccc(Cl)c(Cl)c4)cs3)cc2)no1. The first kappa shape index (κ1) is 20.7. The minimum atomic E-state index is -3.77. The molecule has 0 radical (unpaired) electrons. The van der Waals surface area contributed by atoms with E-state index in [1.807, 2.05) is 11.4 Å². The summed E-state index contributed by atoms with van der Waals surface area (Å²) in [4.78, 5) is 4.63. The van der Waals surface area contributed by atoms with E-state index in [0.29, 0.717) is 26.6 Å². The van der Waals surface area contributed by atoms with Gasteiger partial charge in [-0.05, 0) is 43.3 Å². The van der Waals surface area contributed by atoms with E-state index in [1.54, 1.807) is 31.2 Å². The number of aromatic nitrogens is 2. The molecule has 4 rings (SSSR count). The fraction of sp³-hybridized carbons (Fsp3) is 0.0526. The highest BCUT2D eigenvalue weighted by molar-refractivity contribution is 7.92. The fourth-order valence-corrected chi connectivity index (χ4v) is 4.59. The summed E-state index contributed by atoms with van der Waals surface area (Å²) < 4.78 is 32.1. The molecular formula is C19H14Cl2N4O3S2. The minimum absolute atomic E-state index is 0.101. The summed E-state index contributed by atoms with van der Waals surface area (Å²) in [5, 5.41) is 10.3. The van der Waals surface area contributed by atoms with Crippen LogP contribution in [0.25, 0.3) is 11.3 Å². The van der Waals surface area contributed by atoms with Gasteiger partial charge in [0.25, 0.3) is 10.0 Å². The molecule has 0 aliphatic carbocycles. The molecule has 2 aromatic carbocycles. The van der Waals surface area contributed by atoms with Gasteiger partial charge in [0.15, 0.2) is 10.9 Å². The molecule has 0 bridgehead atoms. The Morgan fingerprint density at radius 3 is 2.47 bits per heavy atom. The Balaban J connectivity index is 1.47. The second-order valence-corrected chi connectivity index (χ2v) is 9.60. The topological polar surface area (TPSA) is 97.1 Å². The van der Waals surface area contributed by atoms with Crippen molar-refractivity contribution >= 4 is 61.2 Å². The molecule has 0 atom stereocenters. The van der Waals surface area contributed by atoms with Crippen LogP contribution in [0.1, 0.15) is 5.76 Å². The molecule has 0 spiro atoms. The number of halogens is 2. The van der Waals surface area contributed by atoms with E-state index in [0.717, 1.165) is 11.3 Å². The van der Waals surface area contributed by atoms with Crippen LogP contribution in [0.5, 0.6) is 0 Å². The third kappa shape index (κ3) is 4.59. The Hall–Kier alpha value is -2.59. The molecule has 0 saturated carbocycles. The summed E-state index contributed by atoms with van der Waals surface area (Å²) in [5.41, 5.74) is 2.30. The highest BCUT2D eigenvalue weighted by Gasteiger charge is 2.16. The molecule has 0 amide bonds.